The van der Waals surface area contributed by atoms with E-state index in [2.05, 4.69) is 15.8 Å². The summed E-state index contributed by atoms with van der Waals surface area (Å²) >= 11 is 5.87. The largest absolute Gasteiger partial charge is 0.488 e. The number of halogens is 1. The lowest BCUT2D eigenvalue weighted by Crippen LogP contribution is -2.41. The second-order valence-electron chi connectivity index (χ2n) is 5.93. The minimum Gasteiger partial charge on any atom is -0.488 e. The Morgan fingerprint density at radius 1 is 1.15 bits per heavy atom. The van der Waals surface area contributed by atoms with E-state index in [1.54, 1.807) is 24.3 Å². The van der Waals surface area contributed by atoms with Crippen molar-refractivity contribution >= 4 is 29.6 Å². The predicted molar refractivity (Wildman–Crippen MR) is 106 cm³/mol. The van der Waals surface area contributed by atoms with Gasteiger partial charge in [0.05, 0.1) is 6.21 Å². The molecule has 142 valence electrons. The molecule has 7 heteroatoms. The van der Waals surface area contributed by atoms with Gasteiger partial charge in [-0.3, -0.25) is 9.59 Å². The molecule has 2 aromatic carbocycles. The maximum absolute atomic E-state index is 11.7. The first-order chi connectivity index (χ1) is 13.0. The van der Waals surface area contributed by atoms with E-state index in [0.717, 1.165) is 12.0 Å². The van der Waals surface area contributed by atoms with Gasteiger partial charge in [0.1, 0.15) is 12.4 Å². The van der Waals surface area contributed by atoms with E-state index < -0.39 is 11.8 Å². The molecule has 0 aliphatic carbocycles. The summed E-state index contributed by atoms with van der Waals surface area (Å²) in [7, 11) is 0. The number of rotatable bonds is 7. The minimum absolute atomic E-state index is 0.0748. The van der Waals surface area contributed by atoms with Crippen molar-refractivity contribution in [2.45, 2.75) is 32.9 Å². The first kappa shape index (κ1) is 20.5. The number of hydrogen-bond donors (Lipinski definition) is 2. The van der Waals surface area contributed by atoms with Crippen LogP contribution in [0.4, 0.5) is 0 Å². The number of nitrogens with zero attached hydrogens (tertiary/aromatic N) is 1. The molecular weight excluding hydrogens is 366 g/mol. The van der Waals surface area contributed by atoms with Crippen molar-refractivity contribution in [2.75, 3.05) is 0 Å². The van der Waals surface area contributed by atoms with Crippen molar-refractivity contribution < 1.29 is 14.3 Å². The molecule has 6 nitrogen and oxygen atoms in total. The van der Waals surface area contributed by atoms with Crippen molar-refractivity contribution in [3.63, 3.8) is 0 Å². The SMILES string of the molecule is CC[C@H](C)NC(=O)C(=O)N/N=C\c1ccccc1OCc1ccc(Cl)cc1. The van der Waals surface area contributed by atoms with Gasteiger partial charge in [0.2, 0.25) is 0 Å². The number of para-hydroxylation sites is 1. The zero-order valence-corrected chi connectivity index (χ0v) is 16.0. The summed E-state index contributed by atoms with van der Waals surface area (Å²) in [5.74, 6) is -0.922. The lowest BCUT2D eigenvalue weighted by atomic mass is 10.2. The molecule has 0 bridgehead atoms. The average Bonchev–Trinajstić information content (AvgIpc) is 2.68. The first-order valence-electron chi connectivity index (χ1n) is 8.59. The second kappa shape index (κ2) is 10.3. The van der Waals surface area contributed by atoms with Crippen LogP contribution in [0.1, 0.15) is 31.4 Å². The van der Waals surface area contributed by atoms with Crippen molar-refractivity contribution in [3.8, 4) is 5.75 Å². The Morgan fingerprint density at radius 2 is 1.85 bits per heavy atom. The Hall–Kier alpha value is -2.86. The molecule has 1 atom stereocenters. The number of hydrogen-bond acceptors (Lipinski definition) is 4. The number of ether oxygens (including phenoxy) is 1. The summed E-state index contributed by atoms with van der Waals surface area (Å²) in [5, 5.41) is 7.08. The van der Waals surface area contributed by atoms with Gasteiger partial charge in [-0.25, -0.2) is 5.43 Å². The molecule has 0 spiro atoms. The lowest BCUT2D eigenvalue weighted by Gasteiger charge is -2.10. The molecule has 0 saturated carbocycles. The molecule has 0 saturated heterocycles. The number of benzene rings is 2. The zero-order chi connectivity index (χ0) is 19.6. The lowest BCUT2D eigenvalue weighted by molar-refractivity contribution is -0.139. The van der Waals surface area contributed by atoms with E-state index in [0.29, 0.717) is 22.9 Å². The van der Waals surface area contributed by atoms with Gasteiger partial charge in [0.25, 0.3) is 0 Å². The van der Waals surface area contributed by atoms with Crippen LogP contribution in [0, 0.1) is 0 Å². The standard InChI is InChI=1S/C20H22ClN3O3/c1-3-14(2)23-19(25)20(26)24-22-12-16-6-4-5-7-18(16)27-13-15-8-10-17(21)11-9-15/h4-12,14H,3,13H2,1-2H3,(H,23,25)(H,24,26)/b22-12-/t14-/m0/s1. The van der Waals surface area contributed by atoms with E-state index in [4.69, 9.17) is 16.3 Å². The minimum atomic E-state index is -0.814. The van der Waals surface area contributed by atoms with Gasteiger partial charge in [-0.05, 0) is 43.2 Å². The first-order valence-corrected chi connectivity index (χ1v) is 8.97. The van der Waals surface area contributed by atoms with E-state index in [1.807, 2.05) is 38.1 Å². The highest BCUT2D eigenvalue weighted by Gasteiger charge is 2.14. The fourth-order valence-corrected chi connectivity index (χ4v) is 2.19. The quantitative estimate of drug-likeness (QED) is 0.434. The average molecular weight is 388 g/mol. The molecule has 0 unspecified atom stereocenters. The highest BCUT2D eigenvalue weighted by atomic mass is 35.5. The molecule has 0 aliphatic heterocycles. The molecule has 2 rings (SSSR count). The molecule has 2 amide bonds. The normalized spacial score (nSPS) is 11.8. The summed E-state index contributed by atoms with van der Waals surface area (Å²) < 4.78 is 5.81. The number of nitrogens with one attached hydrogen (secondary N) is 2. The van der Waals surface area contributed by atoms with Crippen LogP contribution < -0.4 is 15.5 Å². The van der Waals surface area contributed by atoms with Gasteiger partial charge in [-0.15, -0.1) is 0 Å². The number of carbonyl (C=O) groups excluding carboxylic acids is 2. The summed E-state index contributed by atoms with van der Waals surface area (Å²) in [6.45, 7) is 4.11. The van der Waals surface area contributed by atoms with Crippen molar-refractivity contribution in [1.82, 2.24) is 10.7 Å². The second-order valence-corrected chi connectivity index (χ2v) is 6.37. The van der Waals surface area contributed by atoms with Crippen LogP contribution in [0.3, 0.4) is 0 Å². The molecule has 0 aliphatic rings. The summed E-state index contributed by atoms with van der Waals surface area (Å²) in [6, 6.07) is 14.6. The van der Waals surface area contributed by atoms with E-state index >= 15 is 0 Å². The molecule has 2 N–H and O–H groups in total. The fraction of sp³-hybridized carbons (Fsp3) is 0.250. The van der Waals surface area contributed by atoms with E-state index in [-0.39, 0.29) is 6.04 Å². The third-order valence-electron chi connectivity index (χ3n) is 3.79. The fourth-order valence-electron chi connectivity index (χ4n) is 2.06. The molecule has 0 heterocycles. The van der Waals surface area contributed by atoms with Crippen LogP contribution in [0.2, 0.25) is 5.02 Å². The topological polar surface area (TPSA) is 79.8 Å². The Labute approximate surface area is 163 Å². The predicted octanol–water partition coefficient (Wildman–Crippen LogP) is 3.28. The van der Waals surface area contributed by atoms with Crippen LogP contribution in [0.15, 0.2) is 53.6 Å². The smallest absolute Gasteiger partial charge is 0.329 e. The summed E-state index contributed by atoms with van der Waals surface area (Å²) in [6.07, 6.45) is 2.17. The van der Waals surface area contributed by atoms with Gasteiger partial charge in [-0.2, -0.15) is 5.10 Å². The third-order valence-corrected chi connectivity index (χ3v) is 4.04. The number of amides is 2. The van der Waals surface area contributed by atoms with E-state index in [1.165, 1.54) is 6.21 Å². The third kappa shape index (κ3) is 6.75. The summed E-state index contributed by atoms with van der Waals surface area (Å²) in [5.41, 5.74) is 3.86. The number of hydrazone groups is 1. The highest BCUT2D eigenvalue weighted by molar-refractivity contribution is 6.35. The number of carbonyl (C=O) groups is 2. The monoisotopic (exact) mass is 387 g/mol. The molecule has 0 fully saturated rings. The zero-order valence-electron chi connectivity index (χ0n) is 15.2. The molecular formula is C20H22ClN3O3. The Morgan fingerprint density at radius 3 is 2.56 bits per heavy atom. The van der Waals surface area contributed by atoms with Gasteiger partial charge in [0.15, 0.2) is 0 Å². The molecule has 0 radical (unpaired) electrons. The van der Waals surface area contributed by atoms with Crippen LogP contribution in [0.5, 0.6) is 5.75 Å². The van der Waals surface area contributed by atoms with Crippen LogP contribution in [-0.2, 0) is 16.2 Å². The maximum Gasteiger partial charge on any atom is 0.329 e. The van der Waals surface area contributed by atoms with E-state index in [9.17, 15) is 9.59 Å². The maximum atomic E-state index is 11.7. The van der Waals surface area contributed by atoms with Crippen LogP contribution >= 0.6 is 11.6 Å². The highest BCUT2D eigenvalue weighted by Crippen LogP contribution is 2.18. The Bertz CT molecular complexity index is 806. The van der Waals surface area contributed by atoms with Crippen LogP contribution in [0.25, 0.3) is 0 Å². The molecule has 27 heavy (non-hydrogen) atoms. The molecule has 0 aromatic heterocycles. The Balaban J connectivity index is 1.94. The van der Waals surface area contributed by atoms with Crippen molar-refractivity contribution in [3.05, 3.63) is 64.7 Å². The van der Waals surface area contributed by atoms with Gasteiger partial charge in [-0.1, -0.05) is 42.8 Å². The van der Waals surface area contributed by atoms with Gasteiger partial charge in [0, 0.05) is 16.6 Å². The Kier molecular flexibility index (Phi) is 7.82. The van der Waals surface area contributed by atoms with Crippen molar-refractivity contribution in [2.24, 2.45) is 5.10 Å². The molecule has 2 aromatic rings. The van der Waals surface area contributed by atoms with Gasteiger partial charge >= 0.3 is 11.8 Å². The van der Waals surface area contributed by atoms with Gasteiger partial charge < -0.3 is 10.1 Å². The summed E-state index contributed by atoms with van der Waals surface area (Å²) in [4.78, 5) is 23.4. The van der Waals surface area contributed by atoms with Crippen LogP contribution in [-0.4, -0.2) is 24.1 Å². The van der Waals surface area contributed by atoms with Crippen molar-refractivity contribution in [1.29, 1.82) is 0 Å².